The van der Waals surface area contributed by atoms with Gasteiger partial charge in [0.25, 0.3) is 5.92 Å². The molecule has 0 amide bonds. The molecule has 0 unspecified atom stereocenters. The first-order valence-corrected chi connectivity index (χ1v) is 8.77. The minimum Gasteiger partial charge on any atom is -0.370 e. The van der Waals surface area contributed by atoms with Crippen LogP contribution in [0.5, 0.6) is 0 Å². The van der Waals surface area contributed by atoms with Gasteiger partial charge in [0.2, 0.25) is 0 Å². The van der Waals surface area contributed by atoms with Gasteiger partial charge in [0.1, 0.15) is 23.0 Å². The summed E-state index contributed by atoms with van der Waals surface area (Å²) >= 11 is 0. The average molecular weight is 409 g/mol. The Hall–Kier alpha value is -2.90. The van der Waals surface area contributed by atoms with E-state index in [0.29, 0.717) is 23.4 Å². The lowest BCUT2D eigenvalue weighted by Gasteiger charge is -2.44. The monoisotopic (exact) mass is 409 g/mol. The Morgan fingerprint density at radius 3 is 2.10 bits per heavy atom. The fourth-order valence-corrected chi connectivity index (χ4v) is 3.75. The summed E-state index contributed by atoms with van der Waals surface area (Å²) in [5.74, 6) is -7.23. The van der Waals surface area contributed by atoms with Crippen LogP contribution < -0.4 is 5.73 Å². The zero-order chi connectivity index (χ0) is 21.7. The molecule has 2 atom stereocenters. The fourth-order valence-electron chi connectivity index (χ4n) is 3.75. The molecule has 0 aromatic heterocycles. The van der Waals surface area contributed by atoms with Crippen LogP contribution in [0.25, 0.3) is 0 Å². The van der Waals surface area contributed by atoms with Crippen LogP contribution in [0.4, 0.5) is 22.0 Å². The van der Waals surface area contributed by atoms with Gasteiger partial charge in [0.05, 0.1) is 11.5 Å². The molecular formula is C21H20F5N3. The van der Waals surface area contributed by atoms with E-state index in [-0.39, 0.29) is 11.5 Å². The Kier molecular flexibility index (Phi) is 4.93. The van der Waals surface area contributed by atoms with E-state index in [2.05, 4.69) is 11.6 Å². The molecule has 0 radical (unpaired) electrons. The highest BCUT2D eigenvalue weighted by molar-refractivity contribution is 5.82. The van der Waals surface area contributed by atoms with E-state index in [1.165, 1.54) is 36.1 Å². The number of halogens is 5. The number of hydrogen-bond donors (Lipinski definition) is 1. The van der Waals surface area contributed by atoms with Gasteiger partial charge in [-0.2, -0.15) is 0 Å². The van der Waals surface area contributed by atoms with Gasteiger partial charge in [0, 0.05) is 37.4 Å². The number of alkyl halides is 2. The molecule has 0 bridgehead atoms. The lowest BCUT2D eigenvalue weighted by molar-refractivity contribution is 0.0174. The second-order valence-corrected chi connectivity index (χ2v) is 7.36. The Bertz CT molecular complexity index is 971. The maximum atomic E-state index is 14.7. The molecule has 0 saturated carbocycles. The summed E-state index contributed by atoms with van der Waals surface area (Å²) in [4.78, 5) is 5.76. The van der Waals surface area contributed by atoms with Crippen molar-refractivity contribution in [3.63, 3.8) is 0 Å². The summed E-state index contributed by atoms with van der Waals surface area (Å²) in [5.41, 5.74) is 4.44. The minimum absolute atomic E-state index is 0.0337. The van der Waals surface area contributed by atoms with Crippen LogP contribution in [0.1, 0.15) is 36.5 Å². The predicted octanol–water partition coefficient (Wildman–Crippen LogP) is 4.99. The molecular weight excluding hydrogens is 389 g/mol. The van der Waals surface area contributed by atoms with E-state index in [1.54, 1.807) is 7.05 Å². The van der Waals surface area contributed by atoms with Gasteiger partial charge in [0.15, 0.2) is 5.96 Å². The first kappa shape index (κ1) is 20.8. The van der Waals surface area contributed by atoms with Gasteiger partial charge in [-0.25, -0.2) is 26.9 Å². The Morgan fingerprint density at radius 1 is 1.10 bits per heavy atom. The summed E-state index contributed by atoms with van der Waals surface area (Å²) in [5, 5.41) is 0. The van der Waals surface area contributed by atoms with Crippen molar-refractivity contribution in [1.82, 2.24) is 4.90 Å². The van der Waals surface area contributed by atoms with E-state index < -0.39 is 40.4 Å². The van der Waals surface area contributed by atoms with Gasteiger partial charge in [-0.15, -0.1) is 0 Å². The quantitative estimate of drug-likeness (QED) is 0.726. The highest BCUT2D eigenvalue weighted by Gasteiger charge is 2.47. The van der Waals surface area contributed by atoms with Crippen LogP contribution in [0.3, 0.4) is 0 Å². The van der Waals surface area contributed by atoms with Crippen LogP contribution in [-0.4, -0.2) is 17.9 Å². The number of likely N-dealkylation sites (N-methyl/N-ethyl adjacent to an activating group) is 1. The Balaban J connectivity index is 2.24. The fraction of sp³-hybridized carbons (Fsp3) is 0.286. The molecule has 154 valence electrons. The molecule has 1 heterocycles. The molecule has 29 heavy (non-hydrogen) atoms. The Morgan fingerprint density at radius 2 is 1.62 bits per heavy atom. The number of hydrogen-bond acceptors (Lipinski definition) is 3. The molecule has 2 aromatic carbocycles. The average Bonchev–Trinajstić information content (AvgIpc) is 2.58. The van der Waals surface area contributed by atoms with Crippen LogP contribution in [0.2, 0.25) is 0 Å². The standard InChI is InChI=1S/C21H20F5N3/c1-11-17(12-5-7-13(8-6-12)21(3,25)26)20(2,28-19(27)29(11)4)18-15(23)9-14(22)10-16(18)24/h5-10,17H,1H2,2-4H3,(H2,27,28)/t17-,20+/m1/s1. The number of benzene rings is 2. The van der Waals surface area contributed by atoms with Crippen molar-refractivity contribution >= 4 is 5.96 Å². The number of nitrogens with two attached hydrogens (primary N) is 1. The van der Waals surface area contributed by atoms with Crippen molar-refractivity contribution in [2.24, 2.45) is 10.7 Å². The normalized spacial score (nSPS) is 22.6. The molecule has 2 N–H and O–H groups in total. The van der Waals surface area contributed by atoms with Crippen molar-refractivity contribution in [1.29, 1.82) is 0 Å². The third-order valence-corrected chi connectivity index (χ3v) is 5.28. The maximum Gasteiger partial charge on any atom is 0.270 e. The predicted molar refractivity (Wildman–Crippen MR) is 101 cm³/mol. The van der Waals surface area contributed by atoms with Crippen molar-refractivity contribution in [3.05, 3.63) is 82.8 Å². The summed E-state index contributed by atoms with van der Waals surface area (Å²) in [7, 11) is 1.58. The van der Waals surface area contributed by atoms with Gasteiger partial charge in [-0.3, -0.25) is 0 Å². The van der Waals surface area contributed by atoms with E-state index in [4.69, 9.17) is 5.73 Å². The lowest BCUT2D eigenvalue weighted by atomic mass is 9.72. The number of nitrogens with zero attached hydrogens (tertiary/aromatic N) is 2. The first-order chi connectivity index (χ1) is 13.4. The summed E-state index contributed by atoms with van der Waals surface area (Å²) < 4.78 is 70.0. The van der Waals surface area contributed by atoms with E-state index >= 15 is 0 Å². The van der Waals surface area contributed by atoms with Gasteiger partial charge >= 0.3 is 0 Å². The van der Waals surface area contributed by atoms with E-state index in [0.717, 1.165) is 6.92 Å². The highest BCUT2D eigenvalue weighted by atomic mass is 19.3. The zero-order valence-corrected chi connectivity index (χ0v) is 16.1. The molecule has 2 aromatic rings. The van der Waals surface area contributed by atoms with Crippen LogP contribution in [-0.2, 0) is 11.5 Å². The topological polar surface area (TPSA) is 41.6 Å². The molecule has 8 heteroatoms. The van der Waals surface area contributed by atoms with Crippen LogP contribution in [0, 0.1) is 17.5 Å². The number of aliphatic imine (C=N–C) groups is 1. The van der Waals surface area contributed by atoms with Gasteiger partial charge < -0.3 is 10.6 Å². The molecule has 0 spiro atoms. The molecule has 0 fully saturated rings. The molecule has 0 aliphatic carbocycles. The lowest BCUT2D eigenvalue weighted by Crippen LogP contribution is -2.47. The first-order valence-electron chi connectivity index (χ1n) is 8.77. The summed E-state index contributed by atoms with van der Waals surface area (Å²) in [6.07, 6.45) is 0. The molecule has 1 aliphatic rings. The van der Waals surface area contributed by atoms with E-state index in [9.17, 15) is 22.0 Å². The number of rotatable bonds is 3. The molecule has 0 saturated heterocycles. The largest absolute Gasteiger partial charge is 0.370 e. The molecule has 3 rings (SSSR count). The van der Waals surface area contributed by atoms with Crippen molar-refractivity contribution in [2.45, 2.75) is 31.2 Å². The highest BCUT2D eigenvalue weighted by Crippen LogP contribution is 2.49. The van der Waals surface area contributed by atoms with E-state index in [1.807, 2.05) is 0 Å². The smallest absolute Gasteiger partial charge is 0.270 e. The summed E-state index contributed by atoms with van der Waals surface area (Å²) in [6, 6.07) is 6.47. The van der Waals surface area contributed by atoms with Crippen LogP contribution in [0.15, 0.2) is 53.7 Å². The molecule has 3 nitrogen and oxygen atoms in total. The second-order valence-electron chi connectivity index (χ2n) is 7.36. The van der Waals surface area contributed by atoms with Crippen molar-refractivity contribution in [3.8, 4) is 0 Å². The Labute approximate surface area is 165 Å². The maximum absolute atomic E-state index is 14.7. The third-order valence-electron chi connectivity index (χ3n) is 5.28. The van der Waals surface area contributed by atoms with Crippen LogP contribution >= 0.6 is 0 Å². The summed E-state index contributed by atoms with van der Waals surface area (Å²) in [6.45, 7) is 6.19. The zero-order valence-electron chi connectivity index (χ0n) is 16.1. The van der Waals surface area contributed by atoms with Gasteiger partial charge in [-0.1, -0.05) is 30.8 Å². The molecule has 1 aliphatic heterocycles. The number of guanidine groups is 1. The SMILES string of the molecule is C=C1[C@H](c2ccc(C(C)(F)F)cc2)[C@@](C)(c2c(F)cc(F)cc2F)N=C(N)N1C. The van der Waals surface area contributed by atoms with Crippen molar-refractivity contribution < 1.29 is 22.0 Å². The third kappa shape index (κ3) is 3.47. The van der Waals surface area contributed by atoms with Gasteiger partial charge in [-0.05, 0) is 12.5 Å². The van der Waals surface area contributed by atoms with Crippen molar-refractivity contribution in [2.75, 3.05) is 7.05 Å². The minimum atomic E-state index is -3.04. The second kappa shape index (κ2) is 6.86.